The lowest BCUT2D eigenvalue weighted by atomic mass is 10.3. The van der Waals surface area contributed by atoms with Gasteiger partial charge in [-0.3, -0.25) is 9.59 Å². The van der Waals surface area contributed by atoms with Crippen LogP contribution in [0.1, 0.15) is 10.4 Å². The fourth-order valence-corrected chi connectivity index (χ4v) is 2.18. The molecule has 0 radical (unpaired) electrons. The number of carbonyl (C=O) groups is 2. The molecule has 94 valence electrons. The highest BCUT2D eigenvalue weighted by molar-refractivity contribution is 9.11. The molecule has 0 fully saturated rings. The first-order valence-electron chi connectivity index (χ1n) is 4.91. The molecule has 2 amide bonds. The van der Waals surface area contributed by atoms with Crippen molar-refractivity contribution in [3.05, 3.63) is 20.8 Å². The number of hydrogen-bond acceptors (Lipinski definition) is 4. The summed E-state index contributed by atoms with van der Waals surface area (Å²) >= 11 is 4.69. The van der Waals surface area contributed by atoms with Crippen LogP contribution in [0.15, 0.2) is 15.2 Å². The summed E-state index contributed by atoms with van der Waals surface area (Å²) < 4.78 is 5.67. The maximum atomic E-state index is 11.6. The first kappa shape index (κ1) is 14.1. The average Bonchev–Trinajstić information content (AvgIpc) is 2.73. The van der Waals surface area contributed by atoms with E-state index in [-0.39, 0.29) is 18.4 Å². The number of amides is 2. The molecular formula is C10H13BrN2O3S. The topological polar surface area (TPSA) is 67.4 Å². The van der Waals surface area contributed by atoms with Gasteiger partial charge < -0.3 is 15.4 Å². The SMILES string of the molecule is COCCNC(=O)CNC(=O)c1csc(Br)c1. The Kier molecular flexibility index (Phi) is 6.17. The Morgan fingerprint density at radius 2 is 2.24 bits per heavy atom. The van der Waals surface area contributed by atoms with Gasteiger partial charge in [0.1, 0.15) is 0 Å². The van der Waals surface area contributed by atoms with Crippen LogP contribution in [0.5, 0.6) is 0 Å². The van der Waals surface area contributed by atoms with E-state index < -0.39 is 0 Å². The molecule has 2 N–H and O–H groups in total. The van der Waals surface area contributed by atoms with Crippen molar-refractivity contribution in [2.75, 3.05) is 26.8 Å². The summed E-state index contributed by atoms with van der Waals surface area (Å²) in [7, 11) is 1.56. The molecule has 0 saturated heterocycles. The Bertz CT molecular complexity index is 395. The molecule has 0 aromatic carbocycles. The third-order valence-electron chi connectivity index (χ3n) is 1.87. The van der Waals surface area contributed by atoms with E-state index in [1.54, 1.807) is 18.6 Å². The zero-order valence-electron chi connectivity index (χ0n) is 9.29. The van der Waals surface area contributed by atoms with Crippen LogP contribution in [0.25, 0.3) is 0 Å². The van der Waals surface area contributed by atoms with Crippen LogP contribution in [0, 0.1) is 0 Å². The molecule has 7 heteroatoms. The van der Waals surface area contributed by atoms with Crippen molar-refractivity contribution in [2.24, 2.45) is 0 Å². The number of rotatable bonds is 6. The first-order valence-corrected chi connectivity index (χ1v) is 6.58. The number of halogens is 1. The third-order valence-corrected chi connectivity index (χ3v) is 3.37. The molecule has 0 saturated carbocycles. The van der Waals surface area contributed by atoms with Crippen molar-refractivity contribution < 1.29 is 14.3 Å². The Morgan fingerprint density at radius 1 is 1.47 bits per heavy atom. The average molecular weight is 321 g/mol. The molecule has 1 heterocycles. The molecule has 0 aliphatic carbocycles. The van der Waals surface area contributed by atoms with Gasteiger partial charge in [0.2, 0.25) is 5.91 Å². The number of ether oxygens (including phenoxy) is 1. The van der Waals surface area contributed by atoms with Gasteiger partial charge >= 0.3 is 0 Å². The zero-order chi connectivity index (χ0) is 12.7. The van der Waals surface area contributed by atoms with Crippen LogP contribution < -0.4 is 10.6 Å². The number of hydrogen-bond donors (Lipinski definition) is 2. The fraction of sp³-hybridized carbons (Fsp3) is 0.400. The second-order valence-corrected chi connectivity index (χ2v) is 5.46. The number of thiophene rings is 1. The van der Waals surface area contributed by atoms with Crippen molar-refractivity contribution >= 4 is 39.1 Å². The number of carbonyl (C=O) groups excluding carboxylic acids is 2. The first-order chi connectivity index (χ1) is 8.13. The van der Waals surface area contributed by atoms with Crippen LogP contribution in [0.4, 0.5) is 0 Å². The Labute approximate surface area is 112 Å². The van der Waals surface area contributed by atoms with Crippen LogP contribution in [-0.4, -0.2) is 38.6 Å². The van der Waals surface area contributed by atoms with Gasteiger partial charge in [-0.05, 0) is 22.0 Å². The summed E-state index contributed by atoms with van der Waals surface area (Å²) in [5.74, 6) is -0.487. The van der Waals surface area contributed by atoms with Gasteiger partial charge in [-0.2, -0.15) is 0 Å². The lowest BCUT2D eigenvalue weighted by Gasteiger charge is -2.05. The quantitative estimate of drug-likeness (QED) is 0.768. The highest BCUT2D eigenvalue weighted by Crippen LogP contribution is 2.20. The van der Waals surface area contributed by atoms with Gasteiger partial charge in [0.15, 0.2) is 0 Å². The van der Waals surface area contributed by atoms with Crippen molar-refractivity contribution in [3.8, 4) is 0 Å². The van der Waals surface area contributed by atoms with E-state index in [1.165, 1.54) is 11.3 Å². The molecule has 0 spiro atoms. The van der Waals surface area contributed by atoms with E-state index in [1.807, 2.05) is 0 Å². The van der Waals surface area contributed by atoms with E-state index in [9.17, 15) is 9.59 Å². The maximum absolute atomic E-state index is 11.6. The van der Waals surface area contributed by atoms with E-state index in [4.69, 9.17) is 4.74 Å². The number of nitrogens with one attached hydrogen (secondary N) is 2. The van der Waals surface area contributed by atoms with Gasteiger partial charge in [-0.1, -0.05) is 0 Å². The smallest absolute Gasteiger partial charge is 0.252 e. The molecule has 0 atom stereocenters. The fourth-order valence-electron chi connectivity index (χ4n) is 1.05. The minimum absolute atomic E-state index is 0.0317. The summed E-state index contributed by atoms with van der Waals surface area (Å²) in [6, 6.07) is 1.71. The Balaban J connectivity index is 2.26. The van der Waals surface area contributed by atoms with Crippen LogP contribution in [0.3, 0.4) is 0 Å². The molecule has 5 nitrogen and oxygen atoms in total. The van der Waals surface area contributed by atoms with Crippen molar-refractivity contribution in [3.63, 3.8) is 0 Å². The molecule has 0 aliphatic heterocycles. The summed E-state index contributed by atoms with van der Waals surface area (Å²) in [5, 5.41) is 6.87. The normalized spacial score (nSPS) is 10.0. The molecule has 17 heavy (non-hydrogen) atoms. The second-order valence-electron chi connectivity index (χ2n) is 3.16. The van der Waals surface area contributed by atoms with E-state index >= 15 is 0 Å². The Morgan fingerprint density at radius 3 is 2.82 bits per heavy atom. The van der Waals surface area contributed by atoms with Gasteiger partial charge in [-0.15, -0.1) is 11.3 Å². The molecule has 0 bridgehead atoms. The molecule has 1 rings (SSSR count). The van der Waals surface area contributed by atoms with Crippen molar-refractivity contribution in [1.82, 2.24) is 10.6 Å². The van der Waals surface area contributed by atoms with Crippen LogP contribution >= 0.6 is 27.3 Å². The van der Waals surface area contributed by atoms with E-state index in [2.05, 4.69) is 26.6 Å². The highest BCUT2D eigenvalue weighted by Gasteiger charge is 2.09. The molecule has 1 aromatic rings. The van der Waals surface area contributed by atoms with Crippen molar-refractivity contribution in [1.29, 1.82) is 0 Å². The van der Waals surface area contributed by atoms with E-state index in [0.717, 1.165) is 3.79 Å². The van der Waals surface area contributed by atoms with Gasteiger partial charge in [-0.25, -0.2) is 0 Å². The van der Waals surface area contributed by atoms with Gasteiger partial charge in [0.05, 0.1) is 22.5 Å². The molecular weight excluding hydrogens is 308 g/mol. The lowest BCUT2D eigenvalue weighted by molar-refractivity contribution is -0.120. The summed E-state index contributed by atoms with van der Waals surface area (Å²) in [5.41, 5.74) is 0.548. The second kappa shape index (κ2) is 7.41. The van der Waals surface area contributed by atoms with Crippen LogP contribution in [-0.2, 0) is 9.53 Å². The summed E-state index contributed by atoms with van der Waals surface area (Å²) in [4.78, 5) is 22.8. The van der Waals surface area contributed by atoms with E-state index in [0.29, 0.717) is 18.7 Å². The monoisotopic (exact) mass is 320 g/mol. The minimum atomic E-state index is -0.256. The molecule has 0 unspecified atom stereocenters. The van der Waals surface area contributed by atoms with Crippen LogP contribution in [0.2, 0.25) is 0 Å². The van der Waals surface area contributed by atoms with Gasteiger partial charge in [0, 0.05) is 19.0 Å². The van der Waals surface area contributed by atoms with Crippen molar-refractivity contribution in [2.45, 2.75) is 0 Å². The standard InChI is InChI=1S/C10H13BrN2O3S/c1-16-3-2-12-9(14)5-13-10(15)7-4-8(11)17-6-7/h4,6H,2-3,5H2,1H3,(H,12,14)(H,13,15). The molecule has 0 aliphatic rings. The lowest BCUT2D eigenvalue weighted by Crippen LogP contribution is -2.38. The summed E-state index contributed by atoms with van der Waals surface area (Å²) in [6.07, 6.45) is 0. The maximum Gasteiger partial charge on any atom is 0.252 e. The van der Waals surface area contributed by atoms with Gasteiger partial charge in [0.25, 0.3) is 5.91 Å². The predicted molar refractivity (Wildman–Crippen MR) is 69.2 cm³/mol. The zero-order valence-corrected chi connectivity index (χ0v) is 11.7. The summed E-state index contributed by atoms with van der Waals surface area (Å²) in [6.45, 7) is 0.863. The largest absolute Gasteiger partial charge is 0.383 e. The minimum Gasteiger partial charge on any atom is -0.383 e. The Hall–Kier alpha value is -0.920. The number of methoxy groups -OCH3 is 1. The molecule has 1 aromatic heterocycles. The predicted octanol–water partition coefficient (Wildman–Crippen LogP) is 1.00. The third kappa shape index (κ3) is 5.29. The highest BCUT2D eigenvalue weighted by atomic mass is 79.9.